The Morgan fingerprint density at radius 3 is 1.16 bits per heavy atom. The Balaban J connectivity index is 1.04. The molecule has 0 amide bonds. The van der Waals surface area contributed by atoms with E-state index in [0.717, 1.165) is 53.6 Å². The van der Waals surface area contributed by atoms with Crippen LogP contribution in [0.2, 0.25) is 0 Å². The zero-order chi connectivity index (χ0) is 33.6. The standard InChI is InChI=1S/C46H26Br2N2/c47-41-30-34(24-20-32-22-26-46-40(28-32)38-16-8-10-18-44(38)50(46)36-13-5-2-6-14-36)42(48)29-33(41)23-19-31-21-25-45-39(27-31)37-15-7-9-17-43(37)49(45)35-11-3-1-4-12-35/h1-18,21-22,25-30H. The van der Waals surface area contributed by atoms with Gasteiger partial charge in [-0.25, -0.2) is 0 Å². The lowest BCUT2D eigenvalue weighted by Gasteiger charge is -2.07. The first kappa shape index (κ1) is 30.3. The number of para-hydroxylation sites is 4. The molecular weight excluding hydrogens is 740 g/mol. The van der Waals surface area contributed by atoms with Gasteiger partial charge in [0.2, 0.25) is 0 Å². The molecule has 2 nitrogen and oxygen atoms in total. The molecule has 0 aliphatic rings. The van der Waals surface area contributed by atoms with Crippen LogP contribution >= 0.6 is 31.9 Å². The Labute approximate surface area is 306 Å². The minimum atomic E-state index is 0.893. The topological polar surface area (TPSA) is 9.86 Å². The average molecular weight is 767 g/mol. The second-order valence-corrected chi connectivity index (χ2v) is 13.9. The maximum atomic E-state index is 3.77. The van der Waals surface area contributed by atoms with Gasteiger partial charge in [-0.1, -0.05) is 96.5 Å². The van der Waals surface area contributed by atoms with Crippen LogP contribution in [-0.4, -0.2) is 9.13 Å². The largest absolute Gasteiger partial charge is 0.309 e. The zero-order valence-corrected chi connectivity index (χ0v) is 29.8. The molecule has 2 heterocycles. The number of hydrogen-bond donors (Lipinski definition) is 0. The van der Waals surface area contributed by atoms with Crippen LogP contribution < -0.4 is 0 Å². The van der Waals surface area contributed by atoms with Crippen molar-refractivity contribution < 1.29 is 0 Å². The molecule has 234 valence electrons. The van der Waals surface area contributed by atoms with E-state index < -0.39 is 0 Å². The van der Waals surface area contributed by atoms with Crippen molar-refractivity contribution in [1.82, 2.24) is 9.13 Å². The summed E-state index contributed by atoms with van der Waals surface area (Å²) in [6.45, 7) is 0. The van der Waals surface area contributed by atoms with Crippen molar-refractivity contribution in [3.8, 4) is 35.1 Å². The third-order valence-corrected chi connectivity index (χ3v) is 10.4. The maximum absolute atomic E-state index is 3.77. The highest BCUT2D eigenvalue weighted by molar-refractivity contribution is 9.11. The molecule has 9 aromatic rings. The van der Waals surface area contributed by atoms with E-state index in [1.165, 1.54) is 32.6 Å². The summed E-state index contributed by atoms with van der Waals surface area (Å²) in [7, 11) is 0. The molecule has 0 atom stereocenters. The number of nitrogens with zero attached hydrogens (tertiary/aromatic N) is 2. The number of benzene rings is 7. The van der Waals surface area contributed by atoms with Gasteiger partial charge in [0.15, 0.2) is 0 Å². The summed E-state index contributed by atoms with van der Waals surface area (Å²) < 4.78 is 6.44. The number of hydrogen-bond acceptors (Lipinski definition) is 0. The van der Waals surface area contributed by atoms with E-state index in [9.17, 15) is 0 Å². The zero-order valence-electron chi connectivity index (χ0n) is 26.7. The van der Waals surface area contributed by atoms with Crippen molar-refractivity contribution in [2.24, 2.45) is 0 Å². The van der Waals surface area contributed by atoms with E-state index in [1.807, 2.05) is 24.3 Å². The summed E-state index contributed by atoms with van der Waals surface area (Å²) >= 11 is 7.54. The molecule has 0 N–H and O–H groups in total. The SMILES string of the molecule is Brc1cc(C#Cc2ccc3c(c2)c2ccccc2n3-c2ccccc2)c(Br)cc1C#Cc1ccc2c(c1)c1ccccc1n2-c1ccccc1. The predicted molar refractivity (Wildman–Crippen MR) is 215 cm³/mol. The fourth-order valence-corrected chi connectivity index (χ4v) is 7.71. The molecule has 0 fully saturated rings. The fraction of sp³-hybridized carbons (Fsp3) is 0. The number of halogens is 2. The van der Waals surface area contributed by atoms with Gasteiger partial charge in [-0.3, -0.25) is 0 Å². The predicted octanol–water partition coefficient (Wildman–Crippen LogP) is 12.2. The summed E-state index contributed by atoms with van der Waals surface area (Å²) in [4.78, 5) is 0. The monoisotopic (exact) mass is 764 g/mol. The summed E-state index contributed by atoms with van der Waals surface area (Å²) in [5, 5.41) is 4.79. The van der Waals surface area contributed by atoms with E-state index in [1.54, 1.807) is 0 Å². The van der Waals surface area contributed by atoms with Gasteiger partial charge in [0.1, 0.15) is 0 Å². The lowest BCUT2D eigenvalue weighted by atomic mass is 10.1. The average Bonchev–Trinajstić information content (AvgIpc) is 3.67. The molecule has 0 aliphatic carbocycles. The molecule has 0 unspecified atom stereocenters. The molecule has 2 aromatic heterocycles. The minimum Gasteiger partial charge on any atom is -0.309 e. The van der Waals surface area contributed by atoms with Crippen molar-refractivity contribution in [1.29, 1.82) is 0 Å². The van der Waals surface area contributed by atoms with Crippen LogP contribution in [0.3, 0.4) is 0 Å². The number of fused-ring (bicyclic) bond motifs is 6. The van der Waals surface area contributed by atoms with E-state index >= 15 is 0 Å². The van der Waals surface area contributed by atoms with Crippen LogP contribution in [0.4, 0.5) is 0 Å². The van der Waals surface area contributed by atoms with Gasteiger partial charge in [-0.15, -0.1) is 0 Å². The molecule has 0 saturated heterocycles. The lowest BCUT2D eigenvalue weighted by Crippen LogP contribution is -1.92. The van der Waals surface area contributed by atoms with E-state index in [0.29, 0.717) is 0 Å². The Kier molecular flexibility index (Phi) is 7.63. The Morgan fingerprint density at radius 1 is 0.340 bits per heavy atom. The molecule has 9 rings (SSSR count). The highest BCUT2D eigenvalue weighted by Gasteiger charge is 2.13. The van der Waals surface area contributed by atoms with Gasteiger partial charge in [-0.2, -0.15) is 0 Å². The number of rotatable bonds is 2. The molecule has 0 bridgehead atoms. The van der Waals surface area contributed by atoms with Gasteiger partial charge in [-0.05, 0) is 117 Å². The third-order valence-electron chi connectivity index (χ3n) is 9.11. The van der Waals surface area contributed by atoms with Crippen LogP contribution in [0.5, 0.6) is 0 Å². The molecule has 50 heavy (non-hydrogen) atoms. The Morgan fingerprint density at radius 2 is 0.720 bits per heavy atom. The van der Waals surface area contributed by atoms with E-state index in [4.69, 9.17) is 0 Å². The van der Waals surface area contributed by atoms with E-state index in [-0.39, 0.29) is 0 Å². The van der Waals surface area contributed by atoms with Crippen molar-refractivity contribution >= 4 is 75.5 Å². The van der Waals surface area contributed by atoms with Crippen molar-refractivity contribution in [3.63, 3.8) is 0 Å². The molecule has 0 spiro atoms. The molecule has 0 aliphatic heterocycles. The molecule has 7 aromatic carbocycles. The summed E-state index contributed by atoms with van der Waals surface area (Å²) in [5.41, 5.74) is 10.7. The molecular formula is C46H26Br2N2. The van der Waals surface area contributed by atoms with Crippen LogP contribution in [-0.2, 0) is 0 Å². The second-order valence-electron chi connectivity index (χ2n) is 12.2. The van der Waals surface area contributed by atoms with E-state index in [2.05, 4.69) is 198 Å². The van der Waals surface area contributed by atoms with Gasteiger partial charge in [0, 0.05) is 64.1 Å². The van der Waals surface area contributed by atoms with Gasteiger partial charge in [0.05, 0.1) is 22.1 Å². The van der Waals surface area contributed by atoms with Crippen molar-refractivity contribution in [3.05, 3.63) is 189 Å². The Hall–Kier alpha value is -5.78. The summed E-state index contributed by atoms with van der Waals surface area (Å²) in [6, 6.07) is 55.1. The lowest BCUT2D eigenvalue weighted by molar-refractivity contribution is 1.18. The highest BCUT2D eigenvalue weighted by Crippen LogP contribution is 2.34. The molecule has 4 heteroatoms. The van der Waals surface area contributed by atoms with Gasteiger partial charge >= 0.3 is 0 Å². The molecule has 0 saturated carbocycles. The van der Waals surface area contributed by atoms with Crippen molar-refractivity contribution in [2.45, 2.75) is 0 Å². The quantitative estimate of drug-likeness (QED) is 0.155. The Bertz CT molecular complexity index is 2690. The summed E-state index contributed by atoms with van der Waals surface area (Å²) in [6.07, 6.45) is 0. The number of aromatic nitrogens is 2. The molecule has 0 radical (unpaired) electrons. The minimum absolute atomic E-state index is 0.893. The fourth-order valence-electron chi connectivity index (χ4n) is 6.83. The van der Waals surface area contributed by atoms with Crippen molar-refractivity contribution in [2.75, 3.05) is 0 Å². The van der Waals surface area contributed by atoms with Gasteiger partial charge < -0.3 is 9.13 Å². The summed E-state index contributed by atoms with van der Waals surface area (Å²) in [5.74, 6) is 13.6. The first-order valence-corrected chi connectivity index (χ1v) is 17.9. The smallest absolute Gasteiger partial charge is 0.0541 e. The van der Waals surface area contributed by atoms with Crippen LogP contribution in [0.15, 0.2) is 167 Å². The first-order chi connectivity index (χ1) is 24.6. The third kappa shape index (κ3) is 5.31. The van der Waals surface area contributed by atoms with Crippen LogP contribution in [0.1, 0.15) is 22.3 Å². The normalized spacial score (nSPS) is 11.1. The maximum Gasteiger partial charge on any atom is 0.0541 e. The van der Waals surface area contributed by atoms with Crippen LogP contribution in [0.25, 0.3) is 55.0 Å². The second kappa shape index (κ2) is 12.6. The first-order valence-electron chi connectivity index (χ1n) is 16.3. The van der Waals surface area contributed by atoms with Crippen LogP contribution in [0, 0.1) is 23.7 Å². The van der Waals surface area contributed by atoms with Gasteiger partial charge in [0.25, 0.3) is 0 Å². The highest BCUT2D eigenvalue weighted by atomic mass is 79.9.